The second kappa shape index (κ2) is 8.37. The van der Waals surface area contributed by atoms with Crippen molar-refractivity contribution in [3.63, 3.8) is 0 Å². The van der Waals surface area contributed by atoms with Gasteiger partial charge in [-0.2, -0.15) is 18.2 Å². The fourth-order valence-electron chi connectivity index (χ4n) is 3.14. The van der Waals surface area contributed by atoms with E-state index in [1.807, 2.05) is 7.05 Å². The van der Waals surface area contributed by atoms with E-state index in [9.17, 15) is 13.2 Å². The second-order valence-electron chi connectivity index (χ2n) is 6.44. The van der Waals surface area contributed by atoms with Crippen LogP contribution in [0.15, 0.2) is 28.8 Å². The third-order valence-electron chi connectivity index (χ3n) is 4.57. The standard InChI is InChI=1S/C17H21F3N4O.ClH/c1-11(12-5-3-4-6-13(12)17(18,19)20)9-15-22-16(23-25-15)14-10-21-7-8-24(14)2;/h3-6,11,14,21H,7-10H2,1-2H3;1H. The van der Waals surface area contributed by atoms with Gasteiger partial charge in [0.1, 0.15) is 0 Å². The molecular weight excluding hydrogens is 369 g/mol. The number of hydrogen-bond acceptors (Lipinski definition) is 5. The number of nitrogens with zero attached hydrogens (tertiary/aromatic N) is 3. The predicted octanol–water partition coefficient (Wildman–Crippen LogP) is 3.43. The largest absolute Gasteiger partial charge is 0.416 e. The summed E-state index contributed by atoms with van der Waals surface area (Å²) in [6.07, 6.45) is -4.11. The van der Waals surface area contributed by atoms with Crippen LogP contribution in [0.1, 0.15) is 41.7 Å². The monoisotopic (exact) mass is 390 g/mol. The molecule has 2 aromatic rings. The molecule has 5 nitrogen and oxygen atoms in total. The van der Waals surface area contributed by atoms with E-state index in [1.165, 1.54) is 12.1 Å². The summed E-state index contributed by atoms with van der Waals surface area (Å²) in [6, 6.07) is 5.64. The van der Waals surface area contributed by atoms with Crippen LogP contribution in [0.3, 0.4) is 0 Å². The molecule has 0 bridgehead atoms. The van der Waals surface area contributed by atoms with E-state index in [0.29, 0.717) is 11.7 Å². The first-order valence-corrected chi connectivity index (χ1v) is 8.26. The maximum absolute atomic E-state index is 13.2. The van der Waals surface area contributed by atoms with Crippen LogP contribution in [0, 0.1) is 0 Å². The average molecular weight is 391 g/mol. The summed E-state index contributed by atoms with van der Waals surface area (Å²) in [5.74, 6) is 0.549. The van der Waals surface area contributed by atoms with Gasteiger partial charge in [0.2, 0.25) is 5.89 Å². The highest BCUT2D eigenvalue weighted by molar-refractivity contribution is 5.85. The molecule has 2 heterocycles. The summed E-state index contributed by atoms with van der Waals surface area (Å²) in [5.41, 5.74) is -0.371. The molecule has 0 spiro atoms. The number of alkyl halides is 3. The molecule has 144 valence electrons. The summed E-state index contributed by atoms with van der Waals surface area (Å²) in [4.78, 5) is 6.53. The molecule has 0 aliphatic carbocycles. The lowest BCUT2D eigenvalue weighted by Crippen LogP contribution is -2.44. The van der Waals surface area contributed by atoms with Crippen LogP contribution in [0.25, 0.3) is 0 Å². The first-order chi connectivity index (χ1) is 11.9. The van der Waals surface area contributed by atoms with Crippen molar-refractivity contribution in [3.8, 4) is 0 Å². The number of hydrogen-bond donors (Lipinski definition) is 1. The number of likely N-dealkylation sites (N-methyl/N-ethyl adjacent to an activating group) is 1. The lowest BCUT2D eigenvalue weighted by atomic mass is 9.93. The zero-order chi connectivity index (χ0) is 18.0. The Morgan fingerprint density at radius 1 is 1.35 bits per heavy atom. The van der Waals surface area contributed by atoms with E-state index in [4.69, 9.17) is 4.52 Å². The molecule has 1 aromatic heterocycles. The summed E-state index contributed by atoms with van der Waals surface area (Å²) >= 11 is 0. The van der Waals surface area contributed by atoms with E-state index < -0.39 is 11.7 Å². The zero-order valence-electron chi connectivity index (χ0n) is 14.6. The summed E-state index contributed by atoms with van der Waals surface area (Å²) in [6.45, 7) is 4.25. The Kier molecular flexibility index (Phi) is 6.65. The molecule has 0 saturated carbocycles. The van der Waals surface area contributed by atoms with Crippen molar-refractivity contribution in [2.45, 2.75) is 31.5 Å². The molecule has 1 saturated heterocycles. The molecule has 1 aliphatic rings. The molecule has 1 fully saturated rings. The first kappa shape index (κ1) is 20.7. The van der Waals surface area contributed by atoms with Gasteiger partial charge in [0.05, 0.1) is 11.6 Å². The maximum atomic E-state index is 13.2. The van der Waals surface area contributed by atoms with Crippen molar-refractivity contribution in [1.82, 2.24) is 20.4 Å². The van der Waals surface area contributed by atoms with Crippen molar-refractivity contribution in [3.05, 3.63) is 47.1 Å². The highest BCUT2D eigenvalue weighted by Crippen LogP contribution is 2.36. The molecule has 0 amide bonds. The molecular formula is C17H22ClF3N4O. The minimum atomic E-state index is -4.37. The van der Waals surface area contributed by atoms with Crippen LogP contribution in [0.5, 0.6) is 0 Å². The topological polar surface area (TPSA) is 54.2 Å². The quantitative estimate of drug-likeness (QED) is 0.866. The van der Waals surface area contributed by atoms with Gasteiger partial charge in [-0.15, -0.1) is 12.4 Å². The van der Waals surface area contributed by atoms with Crippen molar-refractivity contribution in [1.29, 1.82) is 0 Å². The van der Waals surface area contributed by atoms with E-state index >= 15 is 0 Å². The van der Waals surface area contributed by atoms with Crippen LogP contribution >= 0.6 is 12.4 Å². The zero-order valence-corrected chi connectivity index (χ0v) is 15.4. The Balaban J connectivity index is 0.00000243. The number of piperazine rings is 1. The Morgan fingerprint density at radius 3 is 2.77 bits per heavy atom. The third-order valence-corrected chi connectivity index (χ3v) is 4.57. The van der Waals surface area contributed by atoms with E-state index in [2.05, 4.69) is 20.4 Å². The summed E-state index contributed by atoms with van der Waals surface area (Å²) in [5, 5.41) is 7.29. The van der Waals surface area contributed by atoms with Gasteiger partial charge in [-0.1, -0.05) is 30.3 Å². The molecule has 2 atom stereocenters. The SMILES string of the molecule is CC(Cc1nc(C2CNCCN2C)no1)c1ccccc1C(F)(F)F.Cl. The second-order valence-corrected chi connectivity index (χ2v) is 6.44. The highest BCUT2D eigenvalue weighted by Gasteiger charge is 2.34. The van der Waals surface area contributed by atoms with E-state index in [1.54, 1.807) is 13.0 Å². The molecule has 3 rings (SSSR count). The van der Waals surface area contributed by atoms with Crippen molar-refractivity contribution in [2.24, 2.45) is 0 Å². The fourth-order valence-corrected chi connectivity index (χ4v) is 3.14. The van der Waals surface area contributed by atoms with Crippen LogP contribution < -0.4 is 5.32 Å². The lowest BCUT2D eigenvalue weighted by Gasteiger charge is -2.30. The summed E-state index contributed by atoms with van der Waals surface area (Å²) < 4.78 is 44.8. The number of aromatic nitrogens is 2. The first-order valence-electron chi connectivity index (χ1n) is 8.26. The molecule has 1 aliphatic heterocycles. The van der Waals surface area contributed by atoms with Crippen molar-refractivity contribution in [2.75, 3.05) is 26.7 Å². The average Bonchev–Trinajstić information content (AvgIpc) is 3.02. The number of benzene rings is 1. The lowest BCUT2D eigenvalue weighted by molar-refractivity contribution is -0.138. The summed E-state index contributed by atoms with van der Waals surface area (Å²) in [7, 11) is 1.99. The molecule has 1 aromatic carbocycles. The van der Waals surface area contributed by atoms with Gasteiger partial charge in [0, 0.05) is 26.1 Å². The van der Waals surface area contributed by atoms with Gasteiger partial charge in [-0.3, -0.25) is 4.90 Å². The fraction of sp³-hybridized carbons (Fsp3) is 0.529. The Bertz CT molecular complexity index is 722. The van der Waals surface area contributed by atoms with E-state index in [0.717, 1.165) is 25.7 Å². The van der Waals surface area contributed by atoms with Gasteiger partial charge in [0.15, 0.2) is 5.82 Å². The normalized spacial score (nSPS) is 19.8. The maximum Gasteiger partial charge on any atom is 0.416 e. The molecule has 2 unspecified atom stereocenters. The van der Waals surface area contributed by atoms with Crippen molar-refractivity contribution >= 4 is 12.4 Å². The van der Waals surface area contributed by atoms with Crippen LogP contribution in [0.2, 0.25) is 0 Å². The van der Waals surface area contributed by atoms with Crippen LogP contribution in [0.4, 0.5) is 13.2 Å². The van der Waals surface area contributed by atoms with Gasteiger partial charge < -0.3 is 9.84 Å². The highest BCUT2D eigenvalue weighted by atomic mass is 35.5. The van der Waals surface area contributed by atoms with Gasteiger partial charge in [0.25, 0.3) is 0 Å². The Morgan fingerprint density at radius 2 is 2.08 bits per heavy atom. The number of nitrogens with one attached hydrogen (secondary N) is 1. The van der Waals surface area contributed by atoms with Gasteiger partial charge in [-0.05, 0) is 24.6 Å². The smallest absolute Gasteiger partial charge is 0.339 e. The molecule has 1 N–H and O–H groups in total. The van der Waals surface area contributed by atoms with Gasteiger partial charge >= 0.3 is 6.18 Å². The Labute approximate surface area is 156 Å². The third kappa shape index (κ3) is 4.55. The van der Waals surface area contributed by atoms with Crippen LogP contribution in [-0.2, 0) is 12.6 Å². The van der Waals surface area contributed by atoms with Gasteiger partial charge in [-0.25, -0.2) is 0 Å². The van der Waals surface area contributed by atoms with E-state index in [-0.39, 0.29) is 36.4 Å². The number of halogens is 4. The minimum Gasteiger partial charge on any atom is -0.339 e. The van der Waals surface area contributed by atoms with Crippen LogP contribution in [-0.4, -0.2) is 41.7 Å². The Hall–Kier alpha value is -1.64. The minimum absolute atomic E-state index is 0. The van der Waals surface area contributed by atoms with Crippen molar-refractivity contribution < 1.29 is 17.7 Å². The molecule has 0 radical (unpaired) electrons. The predicted molar refractivity (Wildman–Crippen MR) is 93.3 cm³/mol. The molecule has 9 heteroatoms. The number of rotatable bonds is 4. The molecule has 26 heavy (non-hydrogen) atoms.